The van der Waals surface area contributed by atoms with E-state index in [-0.39, 0.29) is 18.1 Å². The van der Waals surface area contributed by atoms with Crippen molar-refractivity contribution in [2.45, 2.75) is 25.7 Å². The number of nitrogens with two attached hydrogens (primary N) is 1. The summed E-state index contributed by atoms with van der Waals surface area (Å²) in [5.74, 6) is -0.398. The van der Waals surface area contributed by atoms with Crippen molar-refractivity contribution in [3.63, 3.8) is 0 Å². The maximum atomic E-state index is 11.1. The van der Waals surface area contributed by atoms with Crippen LogP contribution >= 0.6 is 0 Å². The van der Waals surface area contributed by atoms with Gasteiger partial charge in [0, 0.05) is 0 Å². The molecule has 0 aliphatic heterocycles. The van der Waals surface area contributed by atoms with Crippen molar-refractivity contribution in [2.75, 3.05) is 13.2 Å². The molecule has 0 unspecified atom stereocenters. The molecule has 6 nitrogen and oxygen atoms in total. The van der Waals surface area contributed by atoms with Crippen LogP contribution in [0.4, 0.5) is 0 Å². The second-order valence-electron chi connectivity index (χ2n) is 5.35. The number of carbonyl (C=O) groups is 1. The average molecular weight is 422 g/mol. The number of carbonyl (C=O) groups excluding carboxylic acids is 1. The number of esters is 1. The third-order valence-electron chi connectivity index (χ3n) is 2.73. The Morgan fingerprint density at radius 1 is 1.03 bits per heavy atom. The van der Waals surface area contributed by atoms with E-state index in [2.05, 4.69) is 17.9 Å². The first-order valence-corrected chi connectivity index (χ1v) is 10.3. The summed E-state index contributed by atoms with van der Waals surface area (Å²) in [6.07, 6.45) is 3.50. The summed E-state index contributed by atoms with van der Waals surface area (Å²) >= 11 is 0. The average Bonchev–Trinajstić information content (AvgIpc) is 2.68. The number of hydrogen-bond donors (Lipinski definition) is 2. The van der Waals surface area contributed by atoms with Gasteiger partial charge in [0.25, 0.3) is 0 Å². The molecule has 0 fully saturated rings. The molecular formula is C22H31NO5S. The molecule has 29 heavy (non-hydrogen) atoms. The molecule has 160 valence electrons. The van der Waals surface area contributed by atoms with E-state index in [9.17, 15) is 13.2 Å². The Morgan fingerprint density at radius 3 is 1.86 bits per heavy atom. The van der Waals surface area contributed by atoms with E-state index in [0.29, 0.717) is 11.1 Å². The molecule has 3 N–H and O–H groups in total. The van der Waals surface area contributed by atoms with E-state index in [1.54, 1.807) is 61.5 Å². The first kappa shape index (κ1) is 28.5. The highest BCUT2D eigenvalue weighted by Crippen LogP contribution is 2.11. The lowest BCUT2D eigenvalue weighted by Crippen LogP contribution is -2.13. The van der Waals surface area contributed by atoms with Crippen LogP contribution in [0.3, 0.4) is 0 Å². The van der Waals surface area contributed by atoms with Crippen LogP contribution in [0, 0.1) is 6.92 Å². The smallest absolute Gasteiger partial charge is 0.338 e. The van der Waals surface area contributed by atoms with Gasteiger partial charge in [-0.3, -0.25) is 0 Å². The first-order valence-electron chi connectivity index (χ1n) is 8.75. The van der Waals surface area contributed by atoms with Gasteiger partial charge >= 0.3 is 5.97 Å². The van der Waals surface area contributed by atoms with Gasteiger partial charge in [0.05, 0.1) is 17.1 Å². The maximum Gasteiger partial charge on any atom is 0.338 e. The number of sulfonamides is 1. The number of primary sulfonamides is 1. The van der Waals surface area contributed by atoms with Gasteiger partial charge in [-0.15, -0.1) is 13.2 Å². The minimum Gasteiger partial charge on any atom is -0.460 e. The highest BCUT2D eigenvalue weighted by Gasteiger charge is 2.08. The Balaban J connectivity index is 0. The molecule has 0 heterocycles. The second kappa shape index (κ2) is 17.4. The largest absolute Gasteiger partial charge is 0.460 e. The molecule has 0 amide bonds. The molecule has 7 heteroatoms. The molecule has 2 aromatic carbocycles. The molecule has 0 spiro atoms. The number of hydrogen-bond acceptors (Lipinski definition) is 5. The van der Waals surface area contributed by atoms with E-state index < -0.39 is 16.0 Å². The van der Waals surface area contributed by atoms with Gasteiger partial charge in [-0.2, -0.15) is 0 Å². The lowest BCUT2D eigenvalue weighted by Gasteiger charge is -2.00. The van der Waals surface area contributed by atoms with Crippen molar-refractivity contribution in [1.29, 1.82) is 0 Å². The SMILES string of the molecule is C=CC.C=CC.Cc1ccccc1S(N)(=O)=O.O=C(OCCO)c1ccccc1. The zero-order chi connectivity index (χ0) is 22.7. The van der Waals surface area contributed by atoms with Crippen LogP contribution in [0.25, 0.3) is 0 Å². The summed E-state index contributed by atoms with van der Waals surface area (Å²) in [6, 6.07) is 15.3. The van der Waals surface area contributed by atoms with Gasteiger partial charge in [0.1, 0.15) is 6.61 Å². The molecule has 0 aromatic heterocycles. The number of ether oxygens (including phenoxy) is 1. The fourth-order valence-electron chi connectivity index (χ4n) is 1.67. The predicted octanol–water partition coefficient (Wildman–Crippen LogP) is 3.86. The van der Waals surface area contributed by atoms with Gasteiger partial charge < -0.3 is 9.84 Å². The van der Waals surface area contributed by atoms with Gasteiger partial charge in [0.2, 0.25) is 10.0 Å². The normalized spacial score (nSPS) is 9.14. The van der Waals surface area contributed by atoms with Crippen LogP contribution < -0.4 is 5.14 Å². The number of rotatable bonds is 4. The van der Waals surface area contributed by atoms with E-state index in [0.717, 1.165) is 0 Å². The minimum atomic E-state index is -3.53. The highest BCUT2D eigenvalue weighted by atomic mass is 32.2. The van der Waals surface area contributed by atoms with E-state index in [1.165, 1.54) is 6.07 Å². The van der Waals surface area contributed by atoms with Crippen LogP contribution in [-0.4, -0.2) is 32.7 Å². The Morgan fingerprint density at radius 2 is 1.48 bits per heavy atom. The Bertz CT molecular complexity index is 812. The molecule has 0 saturated heterocycles. The molecule has 2 aromatic rings. The number of allylic oxidation sites excluding steroid dienone is 2. The van der Waals surface area contributed by atoms with Crippen LogP contribution in [0.5, 0.6) is 0 Å². The molecular weight excluding hydrogens is 390 g/mol. The summed E-state index contributed by atoms with van der Waals surface area (Å²) in [4.78, 5) is 11.3. The fourth-order valence-corrected chi connectivity index (χ4v) is 2.46. The molecule has 0 atom stereocenters. The molecule has 0 bridgehead atoms. The number of benzene rings is 2. The summed E-state index contributed by atoms with van der Waals surface area (Å²) < 4.78 is 26.4. The third kappa shape index (κ3) is 14.9. The van der Waals surface area contributed by atoms with E-state index in [4.69, 9.17) is 10.2 Å². The summed E-state index contributed by atoms with van der Waals surface area (Å²) in [5, 5.41) is 13.3. The van der Waals surface area contributed by atoms with Crippen molar-refractivity contribution >= 4 is 16.0 Å². The molecule has 0 radical (unpaired) electrons. The first-order chi connectivity index (χ1) is 13.7. The quantitative estimate of drug-likeness (QED) is 0.576. The molecule has 0 saturated carbocycles. The third-order valence-corrected chi connectivity index (χ3v) is 3.81. The van der Waals surface area contributed by atoms with Gasteiger partial charge in [0.15, 0.2) is 0 Å². The lowest BCUT2D eigenvalue weighted by molar-refractivity contribution is 0.0433. The highest BCUT2D eigenvalue weighted by molar-refractivity contribution is 7.89. The zero-order valence-electron chi connectivity index (χ0n) is 17.2. The van der Waals surface area contributed by atoms with Crippen molar-refractivity contribution < 1.29 is 23.1 Å². The molecule has 0 aliphatic carbocycles. The standard InChI is InChI=1S/C9H10O3.C7H9NO2S.2C3H6/c10-6-7-12-9(11)8-4-2-1-3-5-8;1-6-4-2-3-5-7(6)11(8,9)10;2*1-3-2/h1-5,10H,6-7H2;2-5H,1H3,(H2,8,9,10);2*3H,1H2,2H3. The molecule has 2 rings (SSSR count). The van der Waals surface area contributed by atoms with Crippen LogP contribution in [0.1, 0.15) is 29.8 Å². The topological polar surface area (TPSA) is 107 Å². The Hall–Kier alpha value is -2.74. The van der Waals surface area contributed by atoms with Crippen LogP contribution in [0.2, 0.25) is 0 Å². The lowest BCUT2D eigenvalue weighted by atomic mass is 10.2. The Kier molecular flexibility index (Phi) is 17.0. The van der Waals surface area contributed by atoms with E-state index in [1.807, 2.05) is 19.9 Å². The van der Waals surface area contributed by atoms with Crippen molar-refractivity contribution in [2.24, 2.45) is 5.14 Å². The minimum absolute atomic E-state index is 0.0493. The fraction of sp³-hybridized carbons (Fsp3) is 0.227. The summed E-state index contributed by atoms with van der Waals surface area (Å²) in [7, 11) is -3.53. The van der Waals surface area contributed by atoms with Crippen LogP contribution in [-0.2, 0) is 14.8 Å². The maximum absolute atomic E-state index is 11.1. The van der Waals surface area contributed by atoms with Crippen LogP contribution in [0.15, 0.2) is 84.8 Å². The van der Waals surface area contributed by atoms with Gasteiger partial charge in [-0.05, 0) is 44.5 Å². The Labute approximate surface area is 174 Å². The van der Waals surface area contributed by atoms with Gasteiger partial charge in [-0.1, -0.05) is 48.6 Å². The predicted molar refractivity (Wildman–Crippen MR) is 118 cm³/mol. The second-order valence-corrected chi connectivity index (χ2v) is 6.88. The van der Waals surface area contributed by atoms with Gasteiger partial charge in [-0.25, -0.2) is 18.4 Å². The number of aliphatic hydroxyl groups is 1. The monoisotopic (exact) mass is 421 g/mol. The van der Waals surface area contributed by atoms with Crippen molar-refractivity contribution in [3.8, 4) is 0 Å². The van der Waals surface area contributed by atoms with E-state index >= 15 is 0 Å². The zero-order valence-corrected chi connectivity index (χ0v) is 18.1. The van der Waals surface area contributed by atoms with Crippen molar-refractivity contribution in [1.82, 2.24) is 0 Å². The summed E-state index contributed by atoms with van der Waals surface area (Å²) in [6.45, 7) is 12.1. The number of aryl methyl sites for hydroxylation is 1. The number of aliphatic hydroxyl groups excluding tert-OH is 1. The summed E-state index contributed by atoms with van der Waals surface area (Å²) in [5.41, 5.74) is 1.18. The molecule has 0 aliphatic rings. The van der Waals surface area contributed by atoms with Crippen molar-refractivity contribution in [3.05, 3.63) is 91.0 Å².